The Morgan fingerprint density at radius 2 is 1.39 bits per heavy atom. The minimum Gasteiger partial charge on any atom is -0.277 e. The van der Waals surface area contributed by atoms with Crippen LogP contribution in [-0.2, 0) is 0 Å². The fraction of sp³-hybridized carbons (Fsp3) is 0.0526. The van der Waals surface area contributed by atoms with Gasteiger partial charge in [0.15, 0.2) is 0 Å². The molecule has 0 fully saturated rings. The Labute approximate surface area is 135 Å². The molecule has 0 bridgehead atoms. The summed E-state index contributed by atoms with van der Waals surface area (Å²) in [5, 5.41) is 3.87. The number of nitrogens with zero attached hydrogens (tertiary/aromatic N) is 1. The van der Waals surface area contributed by atoms with E-state index in [2.05, 4.69) is 6.07 Å². The Bertz CT molecular complexity index is 1170. The molecule has 0 aliphatic carbocycles. The van der Waals surface area contributed by atoms with Crippen LogP contribution in [0.3, 0.4) is 0 Å². The number of imide groups is 1. The number of rotatable bonds is 0. The lowest BCUT2D eigenvalue weighted by atomic mass is 9.95. The third-order valence-electron chi connectivity index (χ3n) is 4.57. The van der Waals surface area contributed by atoms with E-state index in [1.165, 1.54) is 4.90 Å². The first-order valence-electron chi connectivity index (χ1n) is 7.37. The largest absolute Gasteiger partial charge is 0.277 e. The summed E-state index contributed by atoms with van der Waals surface area (Å²) in [5.41, 5.74) is 1.10. The van der Waals surface area contributed by atoms with Crippen molar-refractivity contribution in [2.45, 2.75) is 0 Å². The van der Waals surface area contributed by atoms with Crippen molar-refractivity contribution in [2.75, 3.05) is 7.05 Å². The van der Waals surface area contributed by atoms with Crippen LogP contribution in [-0.4, -0.2) is 23.8 Å². The van der Waals surface area contributed by atoms with Gasteiger partial charge in [-0.2, -0.15) is 0 Å². The number of hydrogen-bond acceptors (Lipinski definition) is 3. The van der Waals surface area contributed by atoms with Gasteiger partial charge in [-0.1, -0.05) is 42.5 Å². The first-order chi connectivity index (χ1) is 11.2. The summed E-state index contributed by atoms with van der Waals surface area (Å²) in [6, 6.07) is 15.9. The van der Waals surface area contributed by atoms with Crippen molar-refractivity contribution in [1.82, 2.24) is 4.90 Å². The van der Waals surface area contributed by atoms with Crippen LogP contribution >= 0.6 is 11.3 Å². The summed E-state index contributed by atoms with van der Waals surface area (Å²) >= 11 is 1.68. The molecule has 3 aromatic carbocycles. The van der Waals surface area contributed by atoms with Crippen LogP contribution in [0.25, 0.3) is 30.9 Å². The number of benzene rings is 3. The molecule has 1 aliphatic rings. The highest BCUT2D eigenvalue weighted by Gasteiger charge is 2.37. The van der Waals surface area contributed by atoms with Gasteiger partial charge in [0.05, 0.1) is 11.1 Å². The van der Waals surface area contributed by atoms with Gasteiger partial charge in [0.1, 0.15) is 0 Å². The van der Waals surface area contributed by atoms with E-state index in [0.29, 0.717) is 11.1 Å². The minimum absolute atomic E-state index is 0.204. The molecule has 0 radical (unpaired) electrons. The van der Waals surface area contributed by atoms with Crippen molar-refractivity contribution in [3.8, 4) is 0 Å². The van der Waals surface area contributed by atoms with Gasteiger partial charge in [0.25, 0.3) is 11.8 Å². The molecule has 4 aromatic rings. The lowest BCUT2D eigenvalue weighted by Crippen LogP contribution is -2.24. The zero-order valence-corrected chi connectivity index (χ0v) is 13.1. The third kappa shape index (κ3) is 1.44. The second-order valence-corrected chi connectivity index (χ2v) is 6.82. The molecule has 0 spiro atoms. The molecule has 0 atom stereocenters. The van der Waals surface area contributed by atoms with Crippen LogP contribution in [0.2, 0.25) is 0 Å². The second-order valence-electron chi connectivity index (χ2n) is 5.77. The van der Waals surface area contributed by atoms with E-state index in [-0.39, 0.29) is 11.8 Å². The molecule has 1 aromatic heterocycles. The average Bonchev–Trinajstić information content (AvgIpc) is 3.07. The lowest BCUT2D eigenvalue weighted by Gasteiger charge is -2.05. The highest BCUT2D eigenvalue weighted by Crippen LogP contribution is 2.44. The monoisotopic (exact) mass is 317 g/mol. The molecule has 2 amide bonds. The molecule has 0 saturated carbocycles. The van der Waals surface area contributed by atoms with Crippen molar-refractivity contribution in [3.63, 3.8) is 0 Å². The standard InChI is InChI=1S/C19H11NO2S/c1-20-18(21)15-10-6-2-3-7-11(10)17-14(16(15)19(20)22)12-8-4-5-9-13(12)23-17/h2-9H,1H3. The van der Waals surface area contributed by atoms with Gasteiger partial charge in [-0.3, -0.25) is 14.5 Å². The molecule has 0 unspecified atom stereocenters. The highest BCUT2D eigenvalue weighted by atomic mass is 32.1. The summed E-state index contributed by atoms with van der Waals surface area (Å²) in [4.78, 5) is 26.6. The number of amides is 2. The summed E-state index contributed by atoms with van der Waals surface area (Å²) in [6.45, 7) is 0. The van der Waals surface area contributed by atoms with Gasteiger partial charge in [-0.25, -0.2) is 0 Å². The maximum absolute atomic E-state index is 12.7. The number of thiophene rings is 1. The smallest absolute Gasteiger partial charge is 0.261 e. The molecule has 0 saturated heterocycles. The third-order valence-corrected chi connectivity index (χ3v) is 5.78. The average molecular weight is 317 g/mol. The minimum atomic E-state index is -0.210. The van der Waals surface area contributed by atoms with Crippen LogP contribution < -0.4 is 0 Å². The van der Waals surface area contributed by atoms with E-state index in [0.717, 1.165) is 30.9 Å². The zero-order valence-electron chi connectivity index (χ0n) is 12.3. The maximum Gasteiger partial charge on any atom is 0.261 e. The molecular formula is C19H11NO2S. The molecule has 2 heterocycles. The quantitative estimate of drug-likeness (QED) is 0.450. The Kier molecular flexibility index (Phi) is 2.32. The Hall–Kier alpha value is -2.72. The molecular weight excluding hydrogens is 306 g/mol. The number of hydrogen-bond donors (Lipinski definition) is 0. The Morgan fingerprint density at radius 3 is 2.17 bits per heavy atom. The molecule has 110 valence electrons. The van der Waals surface area contributed by atoms with E-state index in [1.807, 2.05) is 42.5 Å². The number of fused-ring (bicyclic) bond motifs is 8. The summed E-state index contributed by atoms with van der Waals surface area (Å²) < 4.78 is 2.22. The Morgan fingerprint density at radius 1 is 0.783 bits per heavy atom. The molecule has 23 heavy (non-hydrogen) atoms. The fourth-order valence-corrected chi connectivity index (χ4v) is 4.75. The van der Waals surface area contributed by atoms with Crippen molar-refractivity contribution in [3.05, 3.63) is 59.7 Å². The van der Waals surface area contributed by atoms with Gasteiger partial charge in [0, 0.05) is 32.6 Å². The lowest BCUT2D eigenvalue weighted by molar-refractivity contribution is 0.0694. The van der Waals surface area contributed by atoms with Gasteiger partial charge in [0.2, 0.25) is 0 Å². The first-order valence-corrected chi connectivity index (χ1v) is 8.18. The van der Waals surface area contributed by atoms with Gasteiger partial charge >= 0.3 is 0 Å². The SMILES string of the molecule is CN1C(=O)c2c(c3c4ccccc4sc3c3ccccc23)C1=O. The molecule has 3 nitrogen and oxygen atoms in total. The molecule has 0 N–H and O–H groups in total. The van der Waals surface area contributed by atoms with E-state index in [1.54, 1.807) is 18.4 Å². The summed E-state index contributed by atoms with van der Waals surface area (Å²) in [7, 11) is 1.56. The Balaban J connectivity index is 2.17. The van der Waals surface area contributed by atoms with Crippen molar-refractivity contribution in [2.24, 2.45) is 0 Å². The van der Waals surface area contributed by atoms with E-state index < -0.39 is 0 Å². The number of carbonyl (C=O) groups is 2. The molecule has 1 aliphatic heterocycles. The topological polar surface area (TPSA) is 37.4 Å². The highest BCUT2D eigenvalue weighted by molar-refractivity contribution is 7.26. The van der Waals surface area contributed by atoms with E-state index >= 15 is 0 Å². The summed E-state index contributed by atoms with van der Waals surface area (Å²) in [5.74, 6) is -0.414. The van der Waals surface area contributed by atoms with Crippen molar-refractivity contribution >= 4 is 54.1 Å². The van der Waals surface area contributed by atoms with Crippen LogP contribution in [0.1, 0.15) is 20.7 Å². The first kappa shape index (κ1) is 12.8. The van der Waals surface area contributed by atoms with Gasteiger partial charge in [-0.15, -0.1) is 11.3 Å². The fourth-order valence-electron chi connectivity index (χ4n) is 3.51. The van der Waals surface area contributed by atoms with Crippen molar-refractivity contribution in [1.29, 1.82) is 0 Å². The normalized spacial score (nSPS) is 14.4. The van der Waals surface area contributed by atoms with E-state index in [9.17, 15) is 9.59 Å². The second kappa shape index (κ2) is 4.18. The van der Waals surface area contributed by atoms with Crippen molar-refractivity contribution < 1.29 is 9.59 Å². The number of carbonyl (C=O) groups excluding carboxylic acids is 2. The zero-order chi connectivity index (χ0) is 15.7. The maximum atomic E-state index is 12.7. The van der Waals surface area contributed by atoms with Gasteiger partial charge in [-0.05, 0) is 11.5 Å². The predicted octanol–water partition coefficient (Wildman–Crippen LogP) is 4.43. The van der Waals surface area contributed by atoms with Crippen LogP contribution in [0.5, 0.6) is 0 Å². The van der Waals surface area contributed by atoms with Gasteiger partial charge < -0.3 is 0 Å². The molecule has 4 heteroatoms. The van der Waals surface area contributed by atoms with E-state index in [4.69, 9.17) is 0 Å². The molecule has 5 rings (SSSR count). The van der Waals surface area contributed by atoms with Crippen LogP contribution in [0.4, 0.5) is 0 Å². The predicted molar refractivity (Wildman–Crippen MR) is 93.3 cm³/mol. The van der Waals surface area contributed by atoms with Crippen LogP contribution in [0, 0.1) is 0 Å². The van der Waals surface area contributed by atoms with Crippen LogP contribution in [0.15, 0.2) is 48.5 Å². The summed E-state index contributed by atoms with van der Waals surface area (Å²) in [6.07, 6.45) is 0.